The van der Waals surface area contributed by atoms with Crippen molar-refractivity contribution in [2.75, 3.05) is 101 Å². The van der Waals surface area contributed by atoms with Crippen LogP contribution in [0.2, 0.25) is 42.8 Å². The lowest BCUT2D eigenvalue weighted by Gasteiger charge is -2.43. The van der Waals surface area contributed by atoms with Gasteiger partial charge in [-0.25, -0.2) is 0 Å². The summed E-state index contributed by atoms with van der Waals surface area (Å²) in [5.74, 6) is 2.93. The molecule has 8 rings (SSSR count). The van der Waals surface area contributed by atoms with E-state index in [1.165, 1.54) is 47.2 Å². The zero-order chi connectivity index (χ0) is 101. The number of aliphatic hydroxyl groups is 4. The van der Waals surface area contributed by atoms with Crippen LogP contribution >= 0.6 is 0 Å². The highest BCUT2D eigenvalue weighted by Gasteiger charge is 2.50. The summed E-state index contributed by atoms with van der Waals surface area (Å²) in [5.41, 5.74) is 4.49. The number of esters is 1. The van der Waals surface area contributed by atoms with Crippen LogP contribution in [0.1, 0.15) is 84.6 Å². The summed E-state index contributed by atoms with van der Waals surface area (Å²) in [6, 6.07) is 76.0. The molecule has 0 aliphatic heterocycles. The van der Waals surface area contributed by atoms with Crippen molar-refractivity contribution in [3.05, 3.63) is 367 Å². The standard InChI is InChI=1S/C20H24O4.C20H26O2Si.C18H20O2.C16H16O2.C10H22O2Si.C8H16O2.C7H16O2Si.C6H10O3.C6H12O2/c1-4-18(24-14-17-7-11-20(22-3)12-8-17)15-23-13-16-5-9-19(21-2)10-6-16;1-5-17(21)16-22-23(20(2,3)4,18-12-8-6-9-13-18)19-14-10-7-11-15-19;1-2-18(20-14-17-11-7-4-8-12-17)15-19-13-16-9-5-3-6-10-16;1-2-14(18-16-11-7-4-8-12-16)13-17-15-9-5-3-6-10-15;1-7-9(11)8-12-13(5,6)10(2,3)4;1-4-8(10-6-3)7-9-5-2;1-5-7(8)6-9-10(2,3)4;1-3-6(8)4-9-5(2)7;1-4-6(8-3)5-7-2/h4-12,18H,1,13-15H2,2-3H3;5-15,17,21H,1,16H2,2-4H3;2-12,18H,1,13-15H2;2-12,14H,1,13H2;7,9,11H,1,8H2,2-6H3;4,8H,1,5-7H2,2-3H3;5,7-8H,1,6H2,2-4H3;3,6,8H,1,4H2,2H3;4,6H,1,5H2,2-3H3. The lowest BCUT2D eigenvalue weighted by atomic mass is 10.2. The summed E-state index contributed by atoms with van der Waals surface area (Å²) >= 11 is 0. The summed E-state index contributed by atoms with van der Waals surface area (Å²) < 4.78 is 86.8. The maximum atomic E-state index is 10.1. The number of carbonyl (C=O) groups excluding carboxylic acids is 1. The highest BCUT2D eigenvalue weighted by molar-refractivity contribution is 6.99. The summed E-state index contributed by atoms with van der Waals surface area (Å²) in [4.78, 5) is 10.1. The molecule has 0 amide bonds. The molecule has 135 heavy (non-hydrogen) atoms. The van der Waals surface area contributed by atoms with Gasteiger partial charge in [0, 0.05) is 34.4 Å². The predicted molar refractivity (Wildman–Crippen MR) is 561 cm³/mol. The molecule has 0 saturated carbocycles. The van der Waals surface area contributed by atoms with Gasteiger partial charge in [-0.15, -0.1) is 52.6 Å². The third-order valence-electron chi connectivity index (χ3n) is 19.6. The Morgan fingerprint density at radius 2 is 0.681 bits per heavy atom. The minimum absolute atomic E-state index is 0.00116. The Morgan fingerprint density at radius 3 is 1.01 bits per heavy atom. The molecule has 8 aromatic rings. The van der Waals surface area contributed by atoms with Crippen LogP contribution in [0, 0.1) is 0 Å². The van der Waals surface area contributed by atoms with Crippen molar-refractivity contribution in [3.8, 4) is 23.0 Å². The third kappa shape index (κ3) is 59.7. The van der Waals surface area contributed by atoms with Crippen LogP contribution in [0.3, 0.4) is 0 Å². The van der Waals surface area contributed by atoms with Crippen molar-refractivity contribution in [3.63, 3.8) is 0 Å². The highest BCUT2D eigenvalue weighted by atomic mass is 28.4. The molecule has 8 aromatic carbocycles. The Kier molecular flexibility index (Phi) is 69.8. The van der Waals surface area contributed by atoms with Crippen LogP contribution in [0.25, 0.3) is 0 Å². The van der Waals surface area contributed by atoms with Crippen molar-refractivity contribution in [1.29, 1.82) is 0 Å². The van der Waals surface area contributed by atoms with Gasteiger partial charge in [0.1, 0.15) is 42.3 Å². The first-order valence-electron chi connectivity index (χ1n) is 45.3. The monoisotopic (exact) mass is 1920 g/mol. The second-order valence-electron chi connectivity index (χ2n) is 33.5. The minimum atomic E-state index is -2.54. The molecule has 0 saturated heterocycles. The van der Waals surface area contributed by atoms with Crippen molar-refractivity contribution in [1.82, 2.24) is 0 Å². The summed E-state index contributed by atoms with van der Waals surface area (Å²) in [6.07, 6.45) is 11.9. The first-order valence-corrected chi connectivity index (χ1v) is 53.5. The van der Waals surface area contributed by atoms with E-state index in [-0.39, 0.29) is 53.8 Å². The van der Waals surface area contributed by atoms with Crippen molar-refractivity contribution in [2.45, 2.75) is 186 Å². The van der Waals surface area contributed by atoms with Gasteiger partial charge in [-0.2, -0.15) is 0 Å². The average molecular weight is 1920 g/mol. The first-order chi connectivity index (χ1) is 64.4. The number of hydrogen-bond donors (Lipinski definition) is 4. The van der Waals surface area contributed by atoms with E-state index in [1.807, 2.05) is 196 Å². The number of aliphatic hydroxyl groups excluding tert-OH is 4. The molecule has 24 heteroatoms. The Labute approximate surface area is 813 Å². The number of methoxy groups -OCH3 is 4. The molecule has 0 bridgehead atoms. The van der Waals surface area contributed by atoms with Gasteiger partial charge in [0.25, 0.3) is 8.32 Å². The molecule has 9 unspecified atom stereocenters. The smallest absolute Gasteiger partial charge is 0.302 e. The zero-order valence-corrected chi connectivity index (χ0v) is 87.0. The average Bonchev–Trinajstić information content (AvgIpc) is 0.746. The van der Waals surface area contributed by atoms with Gasteiger partial charge in [0.05, 0.1) is 130 Å². The molecule has 0 radical (unpaired) electrons. The molecule has 744 valence electrons. The van der Waals surface area contributed by atoms with Gasteiger partial charge >= 0.3 is 5.97 Å². The van der Waals surface area contributed by atoms with E-state index in [2.05, 4.69) is 187 Å². The van der Waals surface area contributed by atoms with Gasteiger partial charge < -0.3 is 95.3 Å². The predicted octanol–water partition coefficient (Wildman–Crippen LogP) is 21.3. The van der Waals surface area contributed by atoms with E-state index in [0.29, 0.717) is 79.3 Å². The molecule has 9 atom stereocenters. The van der Waals surface area contributed by atoms with Crippen molar-refractivity contribution >= 4 is 41.3 Å². The molecule has 0 aromatic heterocycles. The van der Waals surface area contributed by atoms with E-state index in [9.17, 15) is 15.0 Å². The van der Waals surface area contributed by atoms with E-state index >= 15 is 0 Å². The molecular formula is C111H162O21Si3. The normalized spacial score (nSPS) is 12.9. The number of ether oxygens (including phenoxy) is 13. The van der Waals surface area contributed by atoms with Gasteiger partial charge in [0.15, 0.2) is 22.7 Å². The lowest BCUT2D eigenvalue weighted by Crippen LogP contribution is -2.67. The van der Waals surface area contributed by atoms with Crippen LogP contribution in [0.5, 0.6) is 23.0 Å². The van der Waals surface area contributed by atoms with Crippen LogP contribution in [-0.2, 0) is 87.1 Å². The molecule has 0 heterocycles. The Bertz CT molecular complexity index is 4260. The maximum absolute atomic E-state index is 10.1. The fraction of sp³-hybridized carbons (Fsp3) is 0.396. The molecule has 0 aliphatic rings. The molecular weight excluding hydrogens is 1750 g/mol. The van der Waals surface area contributed by atoms with Crippen LogP contribution in [-0.4, -0.2) is 207 Å². The Balaban J connectivity index is 0.00000153. The lowest BCUT2D eigenvalue weighted by molar-refractivity contribution is -0.143. The maximum Gasteiger partial charge on any atom is 0.302 e. The Hall–Kier alpha value is -9.86. The quantitative estimate of drug-likeness (QED) is 0.0157. The zero-order valence-electron chi connectivity index (χ0n) is 84.0. The van der Waals surface area contributed by atoms with Gasteiger partial charge in [-0.1, -0.05) is 279 Å². The molecule has 0 fully saturated rings. The largest absolute Gasteiger partial charge is 0.497 e. The van der Waals surface area contributed by atoms with Gasteiger partial charge in [0.2, 0.25) is 0 Å². The first kappa shape index (κ1) is 125. The van der Waals surface area contributed by atoms with Crippen LogP contribution < -0.4 is 29.3 Å². The van der Waals surface area contributed by atoms with Crippen LogP contribution in [0.15, 0.2) is 344 Å². The van der Waals surface area contributed by atoms with E-state index in [0.717, 1.165) is 46.3 Å². The summed E-state index contributed by atoms with van der Waals surface area (Å²) in [6.45, 7) is 68.8. The van der Waals surface area contributed by atoms with Crippen molar-refractivity contribution < 1.29 is 100 Å². The number of hydrogen-bond acceptors (Lipinski definition) is 21. The highest BCUT2D eigenvalue weighted by Crippen LogP contribution is 2.38. The number of para-hydroxylation sites is 2. The second-order valence-corrected chi connectivity index (χ2v) is 47.2. The molecule has 4 N–H and O–H groups in total. The van der Waals surface area contributed by atoms with E-state index in [1.54, 1.807) is 58.8 Å². The topological polar surface area (TPSA) is 246 Å². The summed E-state index contributed by atoms with van der Waals surface area (Å²) in [5, 5.41) is 39.5. The van der Waals surface area contributed by atoms with Crippen LogP contribution in [0.4, 0.5) is 0 Å². The van der Waals surface area contributed by atoms with Gasteiger partial charge in [-0.3, -0.25) is 4.79 Å². The fourth-order valence-electron chi connectivity index (χ4n) is 10.8. The fourth-order valence-corrected chi connectivity index (χ4v) is 17.1. The number of benzene rings is 8. The van der Waals surface area contributed by atoms with Gasteiger partial charge in [-0.05, 0) is 144 Å². The number of rotatable bonds is 51. The molecule has 21 nitrogen and oxygen atoms in total. The Morgan fingerprint density at radius 1 is 0.341 bits per heavy atom. The third-order valence-corrected chi connectivity index (χ3v) is 30.1. The number of carbonyl (C=O) groups is 1. The molecule has 0 spiro atoms. The molecule has 0 aliphatic carbocycles. The van der Waals surface area contributed by atoms with E-state index < -0.39 is 55.3 Å². The van der Waals surface area contributed by atoms with Crippen molar-refractivity contribution in [2.24, 2.45) is 0 Å². The summed E-state index contributed by atoms with van der Waals surface area (Å²) in [7, 11) is 0.898. The SMILES string of the molecule is C=CC(COC)OC.C=CC(COCC)OCC.C=CC(COCc1ccc(OC)cc1)OCc1ccc(OC)cc1.C=CC(COCc1ccccc1)OCc1ccccc1.C=CC(COc1ccccc1)Oc1ccccc1.C=CC(O)COC(C)=O.C=CC(O)CO[Si](C)(C)C.C=CC(O)CO[Si](C)(C)C(C)(C)C.C=CC(O)CO[Si](c1ccccc1)(c1ccccc1)C(C)(C)C. The second kappa shape index (κ2) is 75.3. The minimum Gasteiger partial charge on any atom is -0.497 e. The van der Waals surface area contributed by atoms with E-state index in [4.69, 9.17) is 80.3 Å².